The fourth-order valence-corrected chi connectivity index (χ4v) is 4.30. The first-order chi connectivity index (χ1) is 16.1. The third-order valence-electron chi connectivity index (χ3n) is 5.94. The van der Waals surface area contributed by atoms with Crippen LogP contribution in [0.2, 0.25) is 0 Å². The largest absolute Gasteiger partial charge is 0.439 e. The normalized spacial score (nSPS) is 16.0. The number of nitrogens with zero attached hydrogens (tertiary/aromatic N) is 2. The lowest BCUT2D eigenvalue weighted by atomic mass is 9.95. The Kier molecular flexibility index (Phi) is 5.48. The van der Waals surface area contributed by atoms with Gasteiger partial charge >= 0.3 is 5.76 Å². The summed E-state index contributed by atoms with van der Waals surface area (Å²) in [5.74, 6) is -0.857. The fourth-order valence-electron chi connectivity index (χ4n) is 4.30. The Morgan fingerprint density at radius 1 is 1.06 bits per heavy atom. The van der Waals surface area contributed by atoms with Gasteiger partial charge in [-0.2, -0.15) is 0 Å². The second-order valence-corrected chi connectivity index (χ2v) is 8.13. The van der Waals surface area contributed by atoms with Gasteiger partial charge in [0.05, 0.1) is 5.92 Å². The van der Waals surface area contributed by atoms with Crippen LogP contribution < -0.4 is 11.1 Å². The number of benzene rings is 3. The Morgan fingerprint density at radius 3 is 2.73 bits per heavy atom. The maximum atomic E-state index is 13.3. The van der Waals surface area contributed by atoms with E-state index in [1.807, 2.05) is 42.5 Å². The van der Waals surface area contributed by atoms with Gasteiger partial charge < -0.3 is 10.2 Å². The molecule has 1 unspecified atom stereocenters. The van der Waals surface area contributed by atoms with E-state index >= 15 is 0 Å². The lowest BCUT2D eigenvalue weighted by molar-refractivity contribution is -0.121. The van der Waals surface area contributed by atoms with Gasteiger partial charge in [0.2, 0.25) is 5.91 Å². The van der Waals surface area contributed by atoms with Crippen molar-refractivity contribution in [2.75, 3.05) is 18.4 Å². The number of piperidine rings is 1. The first-order valence-electron chi connectivity index (χ1n) is 10.8. The zero-order valence-electron chi connectivity index (χ0n) is 17.8. The summed E-state index contributed by atoms with van der Waals surface area (Å²) >= 11 is 0. The molecule has 2 heterocycles. The van der Waals surface area contributed by atoms with Crippen LogP contribution in [0.25, 0.3) is 22.2 Å². The van der Waals surface area contributed by atoms with Crippen molar-refractivity contribution in [1.82, 2.24) is 15.0 Å². The van der Waals surface area contributed by atoms with Gasteiger partial charge in [0.1, 0.15) is 0 Å². The number of carbonyl (C=O) groups excluding carboxylic acids is 2. The molecule has 2 amide bonds. The fraction of sp³-hybridized carbons (Fsp3) is 0.200. The lowest BCUT2D eigenvalue weighted by Crippen LogP contribution is -2.43. The van der Waals surface area contributed by atoms with Crippen molar-refractivity contribution in [3.8, 4) is 11.4 Å². The van der Waals surface area contributed by atoms with Crippen molar-refractivity contribution in [3.05, 3.63) is 82.8 Å². The average Bonchev–Trinajstić information content (AvgIpc) is 3.30. The van der Waals surface area contributed by atoms with Crippen LogP contribution in [0.3, 0.4) is 0 Å². The molecule has 8 nitrogen and oxygen atoms in total. The van der Waals surface area contributed by atoms with Crippen LogP contribution >= 0.6 is 0 Å². The predicted octanol–water partition coefficient (Wildman–Crippen LogP) is 3.67. The number of hydrogen-bond acceptors (Lipinski definition) is 5. The molecule has 5 rings (SSSR count). The summed E-state index contributed by atoms with van der Waals surface area (Å²) in [6.07, 6.45) is 1.47. The van der Waals surface area contributed by atoms with Gasteiger partial charge in [-0.25, -0.2) is 4.79 Å². The van der Waals surface area contributed by atoms with E-state index in [2.05, 4.69) is 20.0 Å². The van der Waals surface area contributed by atoms with Gasteiger partial charge in [-0.15, -0.1) is 0 Å². The highest BCUT2D eigenvalue weighted by Crippen LogP contribution is 2.25. The number of likely N-dealkylation sites (tertiary alicyclic amines) is 1. The molecule has 0 aliphatic carbocycles. The number of fused-ring (bicyclic) bond motifs is 1. The van der Waals surface area contributed by atoms with E-state index < -0.39 is 5.76 Å². The van der Waals surface area contributed by atoms with Crippen molar-refractivity contribution in [1.29, 1.82) is 0 Å². The van der Waals surface area contributed by atoms with Crippen LogP contribution in [0.4, 0.5) is 5.69 Å². The number of aromatic amines is 1. The zero-order chi connectivity index (χ0) is 22.8. The highest BCUT2D eigenvalue weighted by molar-refractivity contribution is 6.07. The first-order valence-corrected chi connectivity index (χ1v) is 10.8. The Hall–Kier alpha value is -4.20. The SMILES string of the molecule is O=C(Nc1cccc(-c2noc(=O)[nH]2)c1)C1CCCN(C(=O)c2cccc3ccccc23)C1. The van der Waals surface area contributed by atoms with E-state index in [0.717, 1.165) is 17.2 Å². The number of aromatic nitrogens is 2. The summed E-state index contributed by atoms with van der Waals surface area (Å²) in [5, 5.41) is 8.54. The molecule has 166 valence electrons. The van der Waals surface area contributed by atoms with Crippen LogP contribution in [0, 0.1) is 5.92 Å². The number of nitrogens with one attached hydrogen (secondary N) is 2. The number of hydrogen-bond donors (Lipinski definition) is 2. The Morgan fingerprint density at radius 2 is 1.88 bits per heavy atom. The highest BCUT2D eigenvalue weighted by atomic mass is 16.5. The van der Waals surface area contributed by atoms with Crippen LogP contribution in [-0.2, 0) is 4.79 Å². The van der Waals surface area contributed by atoms with E-state index in [4.69, 9.17) is 0 Å². The molecule has 0 saturated carbocycles. The quantitative estimate of drug-likeness (QED) is 0.501. The molecule has 4 aromatic rings. The molecule has 33 heavy (non-hydrogen) atoms. The van der Waals surface area contributed by atoms with E-state index in [9.17, 15) is 14.4 Å². The van der Waals surface area contributed by atoms with Gasteiger partial charge in [0.15, 0.2) is 5.82 Å². The highest BCUT2D eigenvalue weighted by Gasteiger charge is 2.29. The summed E-state index contributed by atoms with van der Waals surface area (Å²) in [6.45, 7) is 0.991. The van der Waals surface area contributed by atoms with Crippen molar-refractivity contribution in [2.45, 2.75) is 12.8 Å². The van der Waals surface area contributed by atoms with Gasteiger partial charge in [-0.1, -0.05) is 53.7 Å². The molecule has 1 saturated heterocycles. The third kappa shape index (κ3) is 4.27. The minimum atomic E-state index is -0.641. The number of anilines is 1. The third-order valence-corrected chi connectivity index (χ3v) is 5.94. The van der Waals surface area contributed by atoms with Gasteiger partial charge in [-0.05, 0) is 41.8 Å². The van der Waals surface area contributed by atoms with E-state index in [1.54, 1.807) is 29.2 Å². The predicted molar refractivity (Wildman–Crippen MR) is 124 cm³/mol. The smallest absolute Gasteiger partial charge is 0.338 e. The van der Waals surface area contributed by atoms with Crippen LogP contribution in [0.15, 0.2) is 76.0 Å². The number of carbonyl (C=O) groups is 2. The number of amides is 2. The maximum absolute atomic E-state index is 13.3. The molecule has 2 N–H and O–H groups in total. The monoisotopic (exact) mass is 442 g/mol. The van der Waals surface area contributed by atoms with Crippen molar-refractivity contribution in [3.63, 3.8) is 0 Å². The van der Waals surface area contributed by atoms with Crippen molar-refractivity contribution in [2.24, 2.45) is 5.92 Å². The summed E-state index contributed by atoms with van der Waals surface area (Å²) in [5.41, 5.74) is 1.86. The molecule has 0 bridgehead atoms. The minimum absolute atomic E-state index is 0.0544. The first kappa shape index (κ1) is 20.7. The number of H-pyrrole nitrogens is 1. The van der Waals surface area contributed by atoms with Gasteiger partial charge in [0.25, 0.3) is 5.91 Å². The molecule has 1 aromatic heterocycles. The van der Waals surface area contributed by atoms with Crippen LogP contribution in [-0.4, -0.2) is 39.9 Å². The molecule has 8 heteroatoms. The standard InChI is InChI=1S/C25H22N4O4/c30-23(26-19-10-3-8-17(14-19)22-27-25(32)33-28-22)18-9-5-13-29(15-18)24(31)21-12-4-7-16-6-1-2-11-20(16)21/h1-4,6-8,10-12,14,18H,5,9,13,15H2,(H,26,30)(H,27,28,32). The Bertz CT molecular complexity index is 1380. The Labute approximate surface area is 189 Å². The lowest BCUT2D eigenvalue weighted by Gasteiger charge is -2.32. The second kappa shape index (κ2) is 8.74. The van der Waals surface area contributed by atoms with E-state index in [0.29, 0.717) is 42.1 Å². The topological polar surface area (TPSA) is 108 Å². The Balaban J connectivity index is 1.30. The van der Waals surface area contributed by atoms with Crippen molar-refractivity contribution < 1.29 is 14.1 Å². The molecule has 0 radical (unpaired) electrons. The molecular weight excluding hydrogens is 420 g/mol. The van der Waals surface area contributed by atoms with Gasteiger partial charge in [0, 0.05) is 29.9 Å². The van der Waals surface area contributed by atoms with E-state index in [-0.39, 0.29) is 17.7 Å². The number of rotatable bonds is 4. The summed E-state index contributed by atoms with van der Waals surface area (Å²) in [6, 6.07) is 20.5. The molecule has 1 fully saturated rings. The average molecular weight is 442 g/mol. The minimum Gasteiger partial charge on any atom is -0.338 e. The summed E-state index contributed by atoms with van der Waals surface area (Å²) < 4.78 is 4.55. The molecule has 1 aliphatic heterocycles. The summed E-state index contributed by atoms with van der Waals surface area (Å²) in [4.78, 5) is 41.8. The molecule has 1 atom stereocenters. The molecule has 1 aliphatic rings. The summed E-state index contributed by atoms with van der Waals surface area (Å²) in [7, 11) is 0. The second-order valence-electron chi connectivity index (χ2n) is 8.13. The van der Waals surface area contributed by atoms with Crippen molar-refractivity contribution >= 4 is 28.3 Å². The molecule has 0 spiro atoms. The maximum Gasteiger partial charge on any atom is 0.439 e. The zero-order valence-corrected chi connectivity index (χ0v) is 17.8. The van der Waals surface area contributed by atoms with Crippen LogP contribution in [0.5, 0.6) is 0 Å². The molecule has 3 aromatic carbocycles. The molecular formula is C25H22N4O4. The van der Waals surface area contributed by atoms with Gasteiger partial charge in [-0.3, -0.25) is 19.1 Å². The van der Waals surface area contributed by atoms with E-state index in [1.165, 1.54) is 0 Å². The van der Waals surface area contributed by atoms with Crippen LogP contribution in [0.1, 0.15) is 23.2 Å².